The van der Waals surface area contributed by atoms with Gasteiger partial charge in [0.2, 0.25) is 5.91 Å². The minimum atomic E-state index is 0.00676. The summed E-state index contributed by atoms with van der Waals surface area (Å²) in [4.78, 5) is 28.0. The van der Waals surface area contributed by atoms with Crippen LogP contribution in [0.5, 0.6) is 0 Å². The van der Waals surface area contributed by atoms with Crippen LogP contribution in [0, 0.1) is 0 Å². The number of aromatic nitrogens is 2. The van der Waals surface area contributed by atoms with E-state index in [1.807, 2.05) is 21.6 Å². The van der Waals surface area contributed by atoms with Crippen molar-refractivity contribution in [3.05, 3.63) is 18.0 Å². The SMILES string of the molecule is O=C(CO[C@H]1CSC2(C1)CN(C(=O)c1ccn[nH]1)C2)N1CCCC1. The second kappa shape index (κ2) is 6.40. The van der Waals surface area contributed by atoms with Crippen molar-refractivity contribution in [1.82, 2.24) is 20.0 Å². The van der Waals surface area contributed by atoms with Crippen molar-refractivity contribution in [3.63, 3.8) is 0 Å². The Morgan fingerprint density at radius 2 is 2.12 bits per heavy atom. The Hall–Kier alpha value is -1.54. The van der Waals surface area contributed by atoms with E-state index < -0.39 is 0 Å². The van der Waals surface area contributed by atoms with Crippen LogP contribution in [0.1, 0.15) is 29.8 Å². The van der Waals surface area contributed by atoms with Crippen LogP contribution in [0.25, 0.3) is 0 Å². The van der Waals surface area contributed by atoms with Crippen molar-refractivity contribution in [2.45, 2.75) is 30.1 Å². The van der Waals surface area contributed by atoms with Crippen molar-refractivity contribution < 1.29 is 14.3 Å². The van der Waals surface area contributed by atoms with Gasteiger partial charge in [-0.2, -0.15) is 5.10 Å². The molecule has 130 valence electrons. The summed E-state index contributed by atoms with van der Waals surface area (Å²) in [5.74, 6) is 1.02. The number of amides is 2. The number of carbonyl (C=O) groups excluding carboxylic acids is 2. The number of nitrogens with one attached hydrogen (secondary N) is 1. The predicted octanol–water partition coefficient (Wildman–Crippen LogP) is 0.749. The maximum Gasteiger partial charge on any atom is 0.271 e. The fourth-order valence-electron chi connectivity index (χ4n) is 3.72. The molecular weight excluding hydrogens is 328 g/mol. The molecule has 2 amide bonds. The third-order valence-electron chi connectivity index (χ3n) is 5.05. The summed E-state index contributed by atoms with van der Waals surface area (Å²) in [6, 6.07) is 1.70. The van der Waals surface area contributed by atoms with E-state index in [4.69, 9.17) is 4.74 Å². The fourth-order valence-corrected chi connectivity index (χ4v) is 5.27. The van der Waals surface area contributed by atoms with Gasteiger partial charge < -0.3 is 14.5 Å². The van der Waals surface area contributed by atoms with E-state index in [1.165, 1.54) is 0 Å². The van der Waals surface area contributed by atoms with Gasteiger partial charge in [-0.15, -0.1) is 11.8 Å². The normalized spacial score (nSPS) is 25.2. The molecule has 3 aliphatic heterocycles. The van der Waals surface area contributed by atoms with Gasteiger partial charge in [0.15, 0.2) is 0 Å². The summed E-state index contributed by atoms with van der Waals surface area (Å²) in [6.07, 6.45) is 4.83. The van der Waals surface area contributed by atoms with Crippen LogP contribution >= 0.6 is 11.8 Å². The molecule has 0 radical (unpaired) electrons. The molecule has 3 saturated heterocycles. The monoisotopic (exact) mass is 350 g/mol. The molecule has 4 rings (SSSR count). The van der Waals surface area contributed by atoms with Crippen LogP contribution in [0.4, 0.5) is 0 Å². The van der Waals surface area contributed by atoms with Crippen LogP contribution in [0.15, 0.2) is 12.3 Å². The molecule has 4 heterocycles. The van der Waals surface area contributed by atoms with Crippen LogP contribution < -0.4 is 0 Å². The van der Waals surface area contributed by atoms with Crippen LogP contribution in [-0.2, 0) is 9.53 Å². The van der Waals surface area contributed by atoms with Gasteiger partial charge in [0.1, 0.15) is 12.3 Å². The van der Waals surface area contributed by atoms with Gasteiger partial charge in [0, 0.05) is 38.1 Å². The second-order valence-electron chi connectivity index (χ2n) is 6.85. The Kier molecular flexibility index (Phi) is 4.26. The van der Waals surface area contributed by atoms with Gasteiger partial charge in [-0.05, 0) is 25.3 Å². The average Bonchev–Trinajstić information content (AvgIpc) is 3.31. The number of likely N-dealkylation sites (tertiary alicyclic amines) is 2. The molecule has 0 saturated carbocycles. The third kappa shape index (κ3) is 3.04. The Morgan fingerprint density at radius 3 is 2.83 bits per heavy atom. The van der Waals surface area contributed by atoms with E-state index in [2.05, 4.69) is 10.2 Å². The number of ether oxygens (including phenoxy) is 1. The van der Waals surface area contributed by atoms with Crippen molar-refractivity contribution in [2.75, 3.05) is 38.5 Å². The number of aromatic amines is 1. The highest BCUT2D eigenvalue weighted by Gasteiger charge is 2.51. The molecule has 1 aromatic rings. The number of hydrogen-bond donors (Lipinski definition) is 1. The number of hydrogen-bond acceptors (Lipinski definition) is 5. The molecular formula is C16H22N4O3S. The maximum atomic E-state index is 12.2. The first-order valence-corrected chi connectivity index (χ1v) is 9.46. The van der Waals surface area contributed by atoms with Crippen molar-refractivity contribution in [3.8, 4) is 0 Å². The highest BCUT2D eigenvalue weighted by Crippen LogP contribution is 2.46. The van der Waals surface area contributed by atoms with Crippen molar-refractivity contribution in [1.29, 1.82) is 0 Å². The van der Waals surface area contributed by atoms with Gasteiger partial charge in [-0.25, -0.2) is 0 Å². The van der Waals surface area contributed by atoms with E-state index in [0.29, 0.717) is 5.69 Å². The molecule has 1 atom stereocenters. The number of H-pyrrole nitrogens is 1. The summed E-state index contributed by atoms with van der Waals surface area (Å²) in [6.45, 7) is 3.43. The van der Waals surface area contributed by atoms with Gasteiger partial charge in [-0.1, -0.05) is 0 Å². The molecule has 0 unspecified atom stereocenters. The second-order valence-corrected chi connectivity index (χ2v) is 8.34. The van der Waals surface area contributed by atoms with Crippen molar-refractivity contribution in [2.24, 2.45) is 0 Å². The Bertz CT molecular complexity index is 609. The quantitative estimate of drug-likeness (QED) is 0.867. The maximum absolute atomic E-state index is 12.2. The lowest BCUT2D eigenvalue weighted by Crippen LogP contribution is -2.60. The summed E-state index contributed by atoms with van der Waals surface area (Å²) in [5.41, 5.74) is 0.539. The smallest absolute Gasteiger partial charge is 0.271 e. The lowest BCUT2D eigenvalue weighted by atomic mass is 9.92. The van der Waals surface area contributed by atoms with Crippen molar-refractivity contribution >= 4 is 23.6 Å². The molecule has 0 aromatic carbocycles. The Balaban J connectivity index is 1.23. The largest absolute Gasteiger partial charge is 0.367 e. The topological polar surface area (TPSA) is 78.5 Å². The number of thioether (sulfide) groups is 1. The zero-order valence-electron chi connectivity index (χ0n) is 13.6. The van der Waals surface area contributed by atoms with Crippen LogP contribution in [-0.4, -0.2) is 81.2 Å². The van der Waals surface area contributed by atoms with E-state index in [-0.39, 0.29) is 29.3 Å². The van der Waals surface area contributed by atoms with E-state index in [0.717, 1.165) is 51.2 Å². The van der Waals surface area contributed by atoms with E-state index >= 15 is 0 Å². The fraction of sp³-hybridized carbons (Fsp3) is 0.688. The summed E-state index contributed by atoms with van der Waals surface area (Å²) >= 11 is 1.87. The first-order chi connectivity index (χ1) is 11.7. The summed E-state index contributed by atoms with van der Waals surface area (Å²) < 4.78 is 5.95. The molecule has 1 aromatic heterocycles. The highest BCUT2D eigenvalue weighted by molar-refractivity contribution is 8.01. The molecule has 1 spiro atoms. The van der Waals surface area contributed by atoms with Gasteiger partial charge in [0.05, 0.1) is 10.9 Å². The van der Waals surface area contributed by atoms with Gasteiger partial charge >= 0.3 is 0 Å². The average molecular weight is 350 g/mol. The zero-order valence-corrected chi connectivity index (χ0v) is 14.4. The predicted molar refractivity (Wildman–Crippen MR) is 89.9 cm³/mol. The highest BCUT2D eigenvalue weighted by atomic mass is 32.2. The number of carbonyl (C=O) groups is 2. The first-order valence-electron chi connectivity index (χ1n) is 8.47. The third-order valence-corrected chi connectivity index (χ3v) is 6.63. The summed E-state index contributed by atoms with van der Waals surface area (Å²) in [7, 11) is 0. The molecule has 1 N–H and O–H groups in total. The minimum Gasteiger partial charge on any atom is -0.367 e. The standard InChI is InChI=1S/C16H22N4O3S/c21-14(19-5-1-2-6-19)8-23-12-7-16(24-9-12)10-20(11-16)15(22)13-3-4-17-18-13/h3-4,12H,1-2,5-11H2,(H,17,18)/t12-/m1/s1. The molecule has 3 aliphatic rings. The molecule has 0 aliphatic carbocycles. The molecule has 24 heavy (non-hydrogen) atoms. The number of nitrogens with zero attached hydrogens (tertiary/aromatic N) is 3. The minimum absolute atomic E-state index is 0.00676. The van der Waals surface area contributed by atoms with E-state index in [1.54, 1.807) is 12.3 Å². The lowest BCUT2D eigenvalue weighted by Gasteiger charge is -2.47. The van der Waals surface area contributed by atoms with Crippen LogP contribution in [0.2, 0.25) is 0 Å². The first kappa shape index (κ1) is 16.0. The van der Waals surface area contributed by atoms with Gasteiger partial charge in [0.25, 0.3) is 5.91 Å². The Labute approximate surface area is 145 Å². The number of rotatable bonds is 4. The van der Waals surface area contributed by atoms with Crippen LogP contribution in [0.3, 0.4) is 0 Å². The molecule has 0 bridgehead atoms. The Morgan fingerprint density at radius 1 is 1.33 bits per heavy atom. The van der Waals surface area contributed by atoms with Gasteiger partial charge in [-0.3, -0.25) is 14.7 Å². The lowest BCUT2D eigenvalue weighted by molar-refractivity contribution is -0.136. The zero-order chi connectivity index (χ0) is 16.6. The van der Waals surface area contributed by atoms with E-state index in [9.17, 15) is 9.59 Å². The molecule has 7 nitrogen and oxygen atoms in total. The molecule has 3 fully saturated rings. The molecule has 8 heteroatoms. The summed E-state index contributed by atoms with van der Waals surface area (Å²) in [5, 5.41) is 6.54.